The van der Waals surface area contributed by atoms with E-state index < -0.39 is 6.10 Å². The summed E-state index contributed by atoms with van der Waals surface area (Å²) in [5, 5.41) is 10.0. The predicted octanol–water partition coefficient (Wildman–Crippen LogP) is 3.76. The molecule has 1 heterocycles. The molecule has 1 aromatic heterocycles. The highest BCUT2D eigenvalue weighted by Gasteiger charge is 2.15. The van der Waals surface area contributed by atoms with E-state index in [-0.39, 0.29) is 5.82 Å². The SMILES string of the molecule is CCC(O)CN(Cc1ccc(OC)cc1)Cc1nc(Br)ccc1F. The normalized spacial score (nSPS) is 12.4. The van der Waals surface area contributed by atoms with Crippen molar-refractivity contribution in [3.8, 4) is 5.75 Å². The van der Waals surface area contributed by atoms with E-state index in [1.807, 2.05) is 36.1 Å². The molecule has 2 rings (SSSR count). The number of hydrogen-bond acceptors (Lipinski definition) is 4. The smallest absolute Gasteiger partial charge is 0.146 e. The highest BCUT2D eigenvalue weighted by atomic mass is 79.9. The second kappa shape index (κ2) is 9.11. The number of aliphatic hydroxyl groups excluding tert-OH is 1. The number of methoxy groups -OCH3 is 1. The Morgan fingerprint density at radius 1 is 1.21 bits per heavy atom. The minimum Gasteiger partial charge on any atom is -0.497 e. The van der Waals surface area contributed by atoms with Gasteiger partial charge in [-0.1, -0.05) is 19.1 Å². The van der Waals surface area contributed by atoms with Crippen LogP contribution in [0.4, 0.5) is 4.39 Å². The van der Waals surface area contributed by atoms with Crippen LogP contribution in [0.3, 0.4) is 0 Å². The van der Waals surface area contributed by atoms with Crippen molar-refractivity contribution in [1.82, 2.24) is 9.88 Å². The number of hydrogen-bond donors (Lipinski definition) is 1. The third-order valence-corrected chi connectivity index (χ3v) is 4.21. The first-order valence-corrected chi connectivity index (χ1v) is 8.65. The van der Waals surface area contributed by atoms with Gasteiger partial charge in [-0.15, -0.1) is 0 Å². The molecule has 1 unspecified atom stereocenters. The quantitative estimate of drug-likeness (QED) is 0.689. The van der Waals surface area contributed by atoms with E-state index in [9.17, 15) is 9.50 Å². The van der Waals surface area contributed by atoms with Crippen LogP contribution in [0.1, 0.15) is 24.6 Å². The average Bonchev–Trinajstić information content (AvgIpc) is 2.58. The van der Waals surface area contributed by atoms with Crippen molar-refractivity contribution in [2.75, 3.05) is 13.7 Å². The zero-order chi connectivity index (χ0) is 17.5. The van der Waals surface area contributed by atoms with E-state index in [0.29, 0.717) is 36.4 Å². The maximum atomic E-state index is 14.0. The van der Waals surface area contributed by atoms with Crippen LogP contribution in [0.25, 0.3) is 0 Å². The maximum Gasteiger partial charge on any atom is 0.146 e. The zero-order valence-corrected chi connectivity index (χ0v) is 15.5. The van der Waals surface area contributed by atoms with E-state index in [0.717, 1.165) is 11.3 Å². The molecule has 0 aliphatic rings. The number of aliphatic hydroxyl groups is 1. The van der Waals surface area contributed by atoms with Gasteiger partial charge in [0.05, 0.1) is 18.9 Å². The number of halogens is 2. The monoisotopic (exact) mass is 396 g/mol. The third-order valence-electron chi connectivity index (χ3n) is 3.76. The van der Waals surface area contributed by atoms with Crippen molar-refractivity contribution >= 4 is 15.9 Å². The van der Waals surface area contributed by atoms with E-state index in [1.54, 1.807) is 13.2 Å². The molecular weight excluding hydrogens is 375 g/mol. The van der Waals surface area contributed by atoms with E-state index >= 15 is 0 Å². The van der Waals surface area contributed by atoms with Crippen LogP contribution in [-0.2, 0) is 13.1 Å². The van der Waals surface area contributed by atoms with Crippen LogP contribution in [0.2, 0.25) is 0 Å². The molecule has 0 fully saturated rings. The lowest BCUT2D eigenvalue weighted by molar-refractivity contribution is 0.0999. The van der Waals surface area contributed by atoms with Gasteiger partial charge in [-0.2, -0.15) is 0 Å². The topological polar surface area (TPSA) is 45.6 Å². The zero-order valence-electron chi connectivity index (χ0n) is 13.9. The summed E-state index contributed by atoms with van der Waals surface area (Å²) in [6.45, 7) is 3.30. The van der Waals surface area contributed by atoms with Gasteiger partial charge in [0, 0.05) is 19.6 Å². The Labute approximate surface area is 150 Å². The first kappa shape index (κ1) is 18.8. The second-order valence-corrected chi connectivity index (χ2v) is 6.45. The van der Waals surface area contributed by atoms with Crippen LogP contribution < -0.4 is 4.74 Å². The number of rotatable bonds is 8. The summed E-state index contributed by atoms with van der Waals surface area (Å²) in [6.07, 6.45) is 0.187. The average molecular weight is 397 g/mol. The molecule has 0 saturated heterocycles. The Balaban J connectivity index is 2.15. The summed E-state index contributed by atoms with van der Waals surface area (Å²) in [7, 11) is 1.63. The molecule has 24 heavy (non-hydrogen) atoms. The molecule has 0 spiro atoms. The van der Waals surface area contributed by atoms with Crippen LogP contribution in [0.15, 0.2) is 41.0 Å². The molecule has 6 heteroatoms. The van der Waals surface area contributed by atoms with Gasteiger partial charge in [-0.25, -0.2) is 9.37 Å². The van der Waals surface area contributed by atoms with Crippen molar-refractivity contribution in [3.05, 3.63) is 58.1 Å². The summed E-state index contributed by atoms with van der Waals surface area (Å²) in [5.41, 5.74) is 1.43. The van der Waals surface area contributed by atoms with Crippen molar-refractivity contribution in [3.63, 3.8) is 0 Å². The first-order valence-electron chi connectivity index (χ1n) is 7.86. The van der Waals surface area contributed by atoms with E-state index in [4.69, 9.17) is 4.74 Å². The van der Waals surface area contributed by atoms with Crippen LogP contribution >= 0.6 is 15.9 Å². The molecule has 0 saturated carbocycles. The predicted molar refractivity (Wildman–Crippen MR) is 95.3 cm³/mol. The maximum absolute atomic E-state index is 14.0. The van der Waals surface area contributed by atoms with E-state index in [2.05, 4.69) is 20.9 Å². The van der Waals surface area contributed by atoms with Crippen molar-refractivity contribution in [2.24, 2.45) is 0 Å². The summed E-state index contributed by atoms with van der Waals surface area (Å²) in [6, 6.07) is 10.7. The molecule has 0 amide bonds. The molecule has 0 aliphatic carbocycles. The van der Waals surface area contributed by atoms with Crippen LogP contribution in [0.5, 0.6) is 5.75 Å². The second-order valence-electron chi connectivity index (χ2n) is 5.64. The minimum absolute atomic E-state index is 0.328. The van der Waals surface area contributed by atoms with Gasteiger partial charge in [0.15, 0.2) is 0 Å². The molecular formula is C18H22BrFN2O2. The number of ether oxygens (including phenoxy) is 1. The molecule has 1 aromatic carbocycles. The Hall–Kier alpha value is -1.50. The number of aromatic nitrogens is 1. The van der Waals surface area contributed by atoms with Gasteiger partial charge in [0.1, 0.15) is 16.2 Å². The van der Waals surface area contributed by atoms with Crippen LogP contribution in [-0.4, -0.2) is 34.7 Å². The van der Waals surface area contributed by atoms with Gasteiger partial charge in [-0.05, 0) is 52.2 Å². The molecule has 2 aromatic rings. The van der Waals surface area contributed by atoms with Gasteiger partial charge < -0.3 is 9.84 Å². The largest absolute Gasteiger partial charge is 0.497 e. The molecule has 0 aliphatic heterocycles. The summed E-state index contributed by atoms with van der Waals surface area (Å²) in [5.74, 6) is 0.447. The first-order chi connectivity index (χ1) is 11.5. The summed E-state index contributed by atoms with van der Waals surface area (Å²) < 4.78 is 19.8. The van der Waals surface area contributed by atoms with Gasteiger partial charge in [0.2, 0.25) is 0 Å². The Kier molecular flexibility index (Phi) is 7.15. The highest BCUT2D eigenvalue weighted by molar-refractivity contribution is 9.10. The Bertz CT molecular complexity index is 652. The molecule has 1 atom stereocenters. The van der Waals surface area contributed by atoms with Crippen LogP contribution in [0, 0.1) is 5.82 Å². The van der Waals surface area contributed by atoms with Gasteiger partial charge in [-0.3, -0.25) is 4.90 Å². The minimum atomic E-state index is -0.460. The molecule has 130 valence electrons. The number of pyridine rings is 1. The third kappa shape index (κ3) is 5.54. The van der Waals surface area contributed by atoms with Gasteiger partial charge >= 0.3 is 0 Å². The number of nitrogens with zero attached hydrogens (tertiary/aromatic N) is 2. The Morgan fingerprint density at radius 2 is 1.92 bits per heavy atom. The lowest BCUT2D eigenvalue weighted by Crippen LogP contribution is -2.32. The Morgan fingerprint density at radius 3 is 2.54 bits per heavy atom. The van der Waals surface area contributed by atoms with Crippen molar-refractivity contribution in [1.29, 1.82) is 0 Å². The van der Waals surface area contributed by atoms with E-state index in [1.165, 1.54) is 6.07 Å². The summed E-state index contributed by atoms with van der Waals surface area (Å²) >= 11 is 3.27. The fourth-order valence-electron chi connectivity index (χ4n) is 2.38. The molecule has 0 radical (unpaired) electrons. The standard InChI is InChI=1S/C18H22BrFN2O2/c1-3-14(23)11-22(10-13-4-6-15(24-2)7-5-13)12-17-16(20)8-9-18(19)21-17/h4-9,14,23H,3,10-12H2,1-2H3. The number of benzene rings is 1. The lowest BCUT2D eigenvalue weighted by atomic mass is 10.1. The lowest BCUT2D eigenvalue weighted by Gasteiger charge is -2.24. The fraction of sp³-hybridized carbons (Fsp3) is 0.389. The highest BCUT2D eigenvalue weighted by Crippen LogP contribution is 2.17. The van der Waals surface area contributed by atoms with Crippen molar-refractivity contribution < 1.29 is 14.2 Å². The van der Waals surface area contributed by atoms with Crippen molar-refractivity contribution in [2.45, 2.75) is 32.5 Å². The molecule has 4 nitrogen and oxygen atoms in total. The molecule has 0 bridgehead atoms. The molecule has 1 N–H and O–H groups in total. The van der Waals surface area contributed by atoms with Gasteiger partial charge in [0.25, 0.3) is 0 Å². The summed E-state index contributed by atoms with van der Waals surface area (Å²) in [4.78, 5) is 6.21. The fourth-order valence-corrected chi connectivity index (χ4v) is 2.73.